The quantitative estimate of drug-likeness (QED) is 0.598. The molecule has 0 saturated heterocycles. The van der Waals surface area contributed by atoms with Crippen LogP contribution in [0.2, 0.25) is 0 Å². The average Bonchev–Trinajstić information content (AvgIpc) is 3.08. The van der Waals surface area contributed by atoms with Crippen LogP contribution in [0.5, 0.6) is 0 Å². The number of imidazole rings is 1. The first-order valence-corrected chi connectivity index (χ1v) is 10.2. The summed E-state index contributed by atoms with van der Waals surface area (Å²) in [7, 11) is 6.95. The minimum absolute atomic E-state index is 0.0930. The minimum Gasteiger partial charge on any atom is -0.462 e. The van der Waals surface area contributed by atoms with E-state index in [9.17, 15) is 14.4 Å². The van der Waals surface area contributed by atoms with Crippen molar-refractivity contribution in [2.24, 2.45) is 7.05 Å². The summed E-state index contributed by atoms with van der Waals surface area (Å²) in [6.07, 6.45) is 0. The zero-order valence-electron chi connectivity index (χ0n) is 18.9. The molecule has 0 aliphatic rings. The number of ether oxygens (including phenoxy) is 1. The van der Waals surface area contributed by atoms with E-state index < -0.39 is 5.97 Å². The third-order valence-corrected chi connectivity index (χ3v) is 5.00. The van der Waals surface area contributed by atoms with E-state index in [-0.39, 0.29) is 18.5 Å². The van der Waals surface area contributed by atoms with Gasteiger partial charge in [-0.2, -0.15) is 0 Å². The van der Waals surface area contributed by atoms with Crippen molar-refractivity contribution in [1.29, 1.82) is 0 Å². The molecule has 3 amide bonds. The molecule has 1 heterocycles. The van der Waals surface area contributed by atoms with E-state index in [1.165, 1.54) is 9.80 Å². The lowest BCUT2D eigenvalue weighted by molar-refractivity contribution is 0.0526. The summed E-state index contributed by atoms with van der Waals surface area (Å²) in [4.78, 5) is 44.2. The number of carbonyl (C=O) groups is 3. The molecule has 9 nitrogen and oxygen atoms in total. The summed E-state index contributed by atoms with van der Waals surface area (Å²) >= 11 is 0. The van der Waals surface area contributed by atoms with Crippen LogP contribution in [0, 0.1) is 0 Å². The maximum Gasteiger partial charge on any atom is 0.338 e. The van der Waals surface area contributed by atoms with Crippen LogP contribution in [0.25, 0.3) is 11.0 Å². The molecule has 0 bridgehead atoms. The number of carbonyl (C=O) groups excluding carboxylic acids is 3. The first kappa shape index (κ1) is 22.8. The van der Waals surface area contributed by atoms with E-state index in [0.717, 1.165) is 5.52 Å². The van der Waals surface area contributed by atoms with Crippen LogP contribution in [0.15, 0.2) is 42.5 Å². The number of amides is 3. The Labute approximate surface area is 186 Å². The largest absolute Gasteiger partial charge is 0.462 e. The molecule has 168 valence electrons. The van der Waals surface area contributed by atoms with Gasteiger partial charge >= 0.3 is 12.0 Å². The number of esters is 1. The number of urea groups is 1. The number of hydrogen-bond acceptors (Lipinski definition) is 5. The molecule has 9 heteroatoms. The number of fused-ring (bicyclic) bond motifs is 1. The smallest absolute Gasteiger partial charge is 0.338 e. The van der Waals surface area contributed by atoms with Gasteiger partial charge in [-0.1, -0.05) is 0 Å². The average molecular weight is 438 g/mol. The number of hydrogen-bond donors (Lipinski definition) is 1. The summed E-state index contributed by atoms with van der Waals surface area (Å²) < 4.78 is 6.86. The lowest BCUT2D eigenvalue weighted by Gasteiger charge is -2.18. The fraction of sp³-hybridized carbons (Fsp3) is 0.304. The first-order valence-electron chi connectivity index (χ1n) is 10.2. The van der Waals surface area contributed by atoms with Crippen molar-refractivity contribution in [2.45, 2.75) is 13.5 Å². The van der Waals surface area contributed by atoms with Crippen LogP contribution in [-0.4, -0.2) is 65.0 Å². The van der Waals surface area contributed by atoms with Gasteiger partial charge in [0.2, 0.25) is 0 Å². The predicted molar refractivity (Wildman–Crippen MR) is 122 cm³/mol. The molecule has 0 fully saturated rings. The van der Waals surface area contributed by atoms with Gasteiger partial charge in [-0.25, -0.2) is 14.6 Å². The van der Waals surface area contributed by atoms with Gasteiger partial charge in [-0.3, -0.25) is 4.79 Å². The second kappa shape index (κ2) is 9.51. The molecule has 3 rings (SSSR count). The van der Waals surface area contributed by atoms with E-state index in [2.05, 4.69) is 10.3 Å². The molecule has 0 saturated carbocycles. The Bertz CT molecular complexity index is 1150. The van der Waals surface area contributed by atoms with E-state index >= 15 is 0 Å². The highest BCUT2D eigenvalue weighted by molar-refractivity contribution is 5.97. The van der Waals surface area contributed by atoms with Crippen molar-refractivity contribution in [2.75, 3.05) is 33.1 Å². The van der Waals surface area contributed by atoms with Crippen molar-refractivity contribution in [3.05, 3.63) is 59.4 Å². The summed E-state index contributed by atoms with van der Waals surface area (Å²) in [6, 6.07) is 11.6. The van der Waals surface area contributed by atoms with Gasteiger partial charge in [-0.05, 0) is 49.4 Å². The van der Waals surface area contributed by atoms with Crippen LogP contribution in [0.4, 0.5) is 10.5 Å². The van der Waals surface area contributed by atoms with Gasteiger partial charge in [0.1, 0.15) is 5.82 Å². The van der Waals surface area contributed by atoms with Crippen molar-refractivity contribution in [3.63, 3.8) is 0 Å². The number of nitrogens with one attached hydrogen (secondary N) is 1. The molecule has 3 aromatic rings. The monoisotopic (exact) mass is 437 g/mol. The van der Waals surface area contributed by atoms with Gasteiger partial charge in [0.25, 0.3) is 5.91 Å². The Kier molecular flexibility index (Phi) is 6.77. The minimum atomic E-state index is -0.403. The van der Waals surface area contributed by atoms with Gasteiger partial charge < -0.3 is 24.4 Å². The molecule has 2 aromatic carbocycles. The number of nitrogens with zero attached hydrogens (tertiary/aromatic N) is 4. The van der Waals surface area contributed by atoms with Crippen LogP contribution < -0.4 is 5.32 Å². The maximum atomic E-state index is 12.6. The van der Waals surface area contributed by atoms with E-state index in [0.29, 0.717) is 34.8 Å². The van der Waals surface area contributed by atoms with Crippen LogP contribution in [0.1, 0.15) is 33.5 Å². The molecule has 0 atom stereocenters. The second-order valence-corrected chi connectivity index (χ2v) is 7.57. The molecule has 0 radical (unpaired) electrons. The molecule has 0 spiro atoms. The Balaban J connectivity index is 1.70. The third kappa shape index (κ3) is 4.88. The van der Waals surface area contributed by atoms with Crippen LogP contribution in [0.3, 0.4) is 0 Å². The van der Waals surface area contributed by atoms with Gasteiger partial charge in [0.05, 0.1) is 29.7 Å². The topological polar surface area (TPSA) is 96.8 Å². The Morgan fingerprint density at radius 3 is 2.31 bits per heavy atom. The fourth-order valence-electron chi connectivity index (χ4n) is 3.19. The van der Waals surface area contributed by atoms with Crippen molar-refractivity contribution < 1.29 is 19.1 Å². The molecule has 1 N–H and O–H groups in total. The molecule has 32 heavy (non-hydrogen) atoms. The Morgan fingerprint density at radius 2 is 1.69 bits per heavy atom. The fourth-order valence-corrected chi connectivity index (χ4v) is 3.19. The zero-order valence-corrected chi connectivity index (χ0v) is 18.9. The maximum absolute atomic E-state index is 12.6. The standard InChI is InChI=1S/C23H27N5O4/c1-6-32-22(30)15-7-10-17(11-8-15)24-23(31)27(4)14-20-25-18-13-16(21(29)26(2)3)9-12-19(18)28(20)5/h7-13H,6,14H2,1-5H3,(H,24,31). The highest BCUT2D eigenvalue weighted by Gasteiger charge is 2.16. The SMILES string of the molecule is CCOC(=O)c1ccc(NC(=O)N(C)Cc2nc3cc(C(=O)N(C)C)ccc3n2C)cc1. The molecule has 0 unspecified atom stereocenters. The number of benzene rings is 2. The van der Waals surface area contributed by atoms with Crippen molar-refractivity contribution in [3.8, 4) is 0 Å². The van der Waals surface area contributed by atoms with E-state index in [1.807, 2.05) is 17.7 Å². The van der Waals surface area contributed by atoms with E-state index in [4.69, 9.17) is 4.74 Å². The summed E-state index contributed by atoms with van der Waals surface area (Å²) in [6.45, 7) is 2.32. The van der Waals surface area contributed by atoms with Crippen molar-refractivity contribution in [1.82, 2.24) is 19.4 Å². The molecule has 1 aromatic heterocycles. The summed E-state index contributed by atoms with van der Waals surface area (Å²) in [5.74, 6) is 0.189. The highest BCUT2D eigenvalue weighted by atomic mass is 16.5. The van der Waals surface area contributed by atoms with Crippen molar-refractivity contribution >= 4 is 34.6 Å². The Morgan fingerprint density at radius 1 is 1.03 bits per heavy atom. The number of anilines is 1. The lowest BCUT2D eigenvalue weighted by Crippen LogP contribution is -2.31. The second-order valence-electron chi connectivity index (χ2n) is 7.57. The molecular weight excluding hydrogens is 410 g/mol. The third-order valence-electron chi connectivity index (χ3n) is 5.00. The summed E-state index contributed by atoms with van der Waals surface area (Å²) in [5, 5.41) is 2.80. The molecular formula is C23H27N5O4. The van der Waals surface area contributed by atoms with Gasteiger partial charge in [-0.15, -0.1) is 0 Å². The molecule has 0 aliphatic carbocycles. The van der Waals surface area contributed by atoms with Crippen LogP contribution in [-0.2, 0) is 18.3 Å². The number of rotatable bonds is 6. The number of aryl methyl sites for hydroxylation is 1. The van der Waals surface area contributed by atoms with Gasteiger partial charge in [0.15, 0.2) is 0 Å². The van der Waals surface area contributed by atoms with E-state index in [1.54, 1.807) is 64.5 Å². The Hall–Kier alpha value is -3.88. The highest BCUT2D eigenvalue weighted by Crippen LogP contribution is 2.19. The zero-order chi connectivity index (χ0) is 23.4. The summed E-state index contributed by atoms with van der Waals surface area (Å²) in [5.41, 5.74) is 3.11. The first-order chi connectivity index (χ1) is 15.2. The normalized spacial score (nSPS) is 10.7. The lowest BCUT2D eigenvalue weighted by atomic mass is 10.2. The number of aromatic nitrogens is 2. The van der Waals surface area contributed by atoms with Gasteiger partial charge in [0, 0.05) is 39.4 Å². The molecule has 0 aliphatic heterocycles. The van der Waals surface area contributed by atoms with Crippen LogP contribution >= 0.6 is 0 Å². The predicted octanol–water partition coefficient (Wildman–Crippen LogP) is 3.12.